The van der Waals surface area contributed by atoms with E-state index in [1.54, 1.807) is 0 Å². The largest absolute Gasteiger partial charge is 0.368 e. The van der Waals surface area contributed by atoms with Crippen molar-refractivity contribution in [2.75, 3.05) is 43.4 Å². The smallest absolute Gasteiger partial charge is 0.254 e. The number of aromatic nitrogens is 2. The van der Waals surface area contributed by atoms with Crippen LogP contribution in [0.15, 0.2) is 42.7 Å². The van der Waals surface area contributed by atoms with Gasteiger partial charge in [-0.05, 0) is 61.2 Å². The molecule has 0 bridgehead atoms. The van der Waals surface area contributed by atoms with Crippen molar-refractivity contribution in [1.82, 2.24) is 19.8 Å². The number of carbonyl (C=O) groups excluding carboxylic acids is 1. The number of carbonyl (C=O) groups is 1. The molecule has 1 saturated heterocycles. The van der Waals surface area contributed by atoms with Gasteiger partial charge in [-0.3, -0.25) is 4.79 Å². The number of piperazine rings is 1. The molecule has 6 rings (SSSR count). The van der Waals surface area contributed by atoms with Crippen LogP contribution < -0.4 is 15.5 Å². The molecule has 0 saturated carbocycles. The second kappa shape index (κ2) is 8.47. The molecule has 3 aliphatic heterocycles. The Morgan fingerprint density at radius 3 is 2.68 bits per heavy atom. The fourth-order valence-corrected chi connectivity index (χ4v) is 5.53. The first-order valence-corrected chi connectivity index (χ1v) is 12.4. The third kappa shape index (κ3) is 3.74. The summed E-state index contributed by atoms with van der Waals surface area (Å²) in [6.45, 7) is 8.13. The van der Waals surface area contributed by atoms with Crippen molar-refractivity contribution in [3.63, 3.8) is 0 Å². The number of anilines is 3. The number of amides is 1. The number of benzene rings is 1. The summed E-state index contributed by atoms with van der Waals surface area (Å²) in [5.74, 6) is 1.42. The summed E-state index contributed by atoms with van der Waals surface area (Å²) in [4.78, 5) is 22.2. The highest BCUT2D eigenvalue weighted by atomic mass is 16.1. The number of hydrogen-bond acceptors (Lipinski definition) is 5. The van der Waals surface area contributed by atoms with Gasteiger partial charge in [0.2, 0.25) is 0 Å². The highest BCUT2D eigenvalue weighted by Crippen LogP contribution is 2.38. The molecule has 2 N–H and O–H groups in total. The molecule has 7 heteroatoms. The van der Waals surface area contributed by atoms with Gasteiger partial charge < -0.3 is 25.0 Å². The van der Waals surface area contributed by atoms with E-state index >= 15 is 0 Å². The summed E-state index contributed by atoms with van der Waals surface area (Å²) in [6, 6.07) is 10.5. The van der Waals surface area contributed by atoms with Gasteiger partial charge in [0.1, 0.15) is 5.82 Å². The first-order chi connectivity index (χ1) is 16.6. The van der Waals surface area contributed by atoms with Gasteiger partial charge in [0.05, 0.1) is 23.1 Å². The van der Waals surface area contributed by atoms with E-state index in [1.807, 2.05) is 18.3 Å². The molecule has 5 heterocycles. The van der Waals surface area contributed by atoms with Crippen LogP contribution in [0.3, 0.4) is 0 Å². The quantitative estimate of drug-likeness (QED) is 0.624. The van der Waals surface area contributed by atoms with Crippen LogP contribution in [0.4, 0.5) is 17.2 Å². The van der Waals surface area contributed by atoms with Crippen LogP contribution in [-0.4, -0.2) is 53.6 Å². The van der Waals surface area contributed by atoms with Crippen molar-refractivity contribution >= 4 is 23.1 Å². The van der Waals surface area contributed by atoms with Gasteiger partial charge in [-0.25, -0.2) is 4.98 Å². The van der Waals surface area contributed by atoms with E-state index in [-0.39, 0.29) is 5.91 Å². The van der Waals surface area contributed by atoms with Gasteiger partial charge in [-0.15, -0.1) is 0 Å². The van der Waals surface area contributed by atoms with Crippen molar-refractivity contribution < 1.29 is 4.79 Å². The Hall–Kier alpha value is -3.32. The Labute approximate surface area is 200 Å². The van der Waals surface area contributed by atoms with Crippen LogP contribution >= 0.6 is 0 Å². The lowest BCUT2D eigenvalue weighted by molar-refractivity contribution is 0.0966. The molecule has 0 unspecified atom stereocenters. The van der Waals surface area contributed by atoms with Crippen LogP contribution in [0.25, 0.3) is 11.1 Å². The number of hydrogen-bond donors (Lipinski definition) is 2. The van der Waals surface area contributed by atoms with Crippen LogP contribution in [0.2, 0.25) is 0 Å². The molecule has 7 nitrogen and oxygen atoms in total. The van der Waals surface area contributed by atoms with Crippen LogP contribution in [0, 0.1) is 5.92 Å². The Balaban J connectivity index is 1.28. The maximum atomic E-state index is 12.8. The second-order valence-corrected chi connectivity index (χ2v) is 9.98. The van der Waals surface area contributed by atoms with E-state index in [0.717, 1.165) is 67.5 Å². The number of nitrogens with zero attached hydrogens (tertiary/aromatic N) is 4. The monoisotopic (exact) mass is 456 g/mol. The van der Waals surface area contributed by atoms with Gasteiger partial charge in [-0.1, -0.05) is 13.0 Å². The topological polar surface area (TPSA) is 65.4 Å². The first-order valence-electron chi connectivity index (χ1n) is 12.4. The molecule has 1 fully saturated rings. The summed E-state index contributed by atoms with van der Waals surface area (Å²) < 4.78 is 2.38. The van der Waals surface area contributed by atoms with Crippen LogP contribution in [0.1, 0.15) is 35.0 Å². The van der Waals surface area contributed by atoms with Gasteiger partial charge in [-0.2, -0.15) is 0 Å². The van der Waals surface area contributed by atoms with Crippen molar-refractivity contribution in [2.45, 2.75) is 32.9 Å². The fraction of sp³-hybridized carbons (Fsp3) is 0.407. The van der Waals surface area contributed by atoms with Gasteiger partial charge >= 0.3 is 0 Å². The second-order valence-electron chi connectivity index (χ2n) is 9.98. The molecule has 3 aromatic rings. The highest BCUT2D eigenvalue weighted by molar-refractivity contribution is 6.06. The lowest BCUT2D eigenvalue weighted by Crippen LogP contribution is -2.44. The first kappa shape index (κ1) is 21.2. The van der Waals surface area contributed by atoms with Crippen molar-refractivity contribution in [3.05, 3.63) is 59.5 Å². The normalized spacial score (nSPS) is 20.1. The Morgan fingerprint density at radius 2 is 1.88 bits per heavy atom. The summed E-state index contributed by atoms with van der Waals surface area (Å²) in [5.41, 5.74) is 7.60. The van der Waals surface area contributed by atoms with Crippen molar-refractivity contribution in [1.29, 1.82) is 0 Å². The molecule has 0 spiro atoms. The minimum Gasteiger partial charge on any atom is -0.368 e. The van der Waals surface area contributed by atoms with Crippen molar-refractivity contribution in [2.24, 2.45) is 5.92 Å². The molecule has 0 aliphatic carbocycles. The van der Waals surface area contributed by atoms with Crippen LogP contribution in [0.5, 0.6) is 0 Å². The number of aryl methyl sites for hydroxylation is 1. The Morgan fingerprint density at radius 1 is 1.03 bits per heavy atom. The lowest BCUT2D eigenvalue weighted by atomic mass is 9.91. The molecule has 34 heavy (non-hydrogen) atoms. The summed E-state index contributed by atoms with van der Waals surface area (Å²) in [5, 5.41) is 6.45. The van der Waals surface area contributed by atoms with Crippen LogP contribution in [-0.2, 0) is 19.5 Å². The number of likely N-dealkylation sites (N-methyl/N-ethyl adjacent to an activating group) is 1. The number of nitrogens with one attached hydrogen (secondary N) is 2. The number of fused-ring (bicyclic) bond motifs is 2. The fourth-order valence-electron chi connectivity index (χ4n) is 5.53. The zero-order chi connectivity index (χ0) is 23.2. The maximum absolute atomic E-state index is 12.8. The minimum absolute atomic E-state index is 0.0187. The number of rotatable bonds is 4. The van der Waals surface area contributed by atoms with E-state index in [4.69, 9.17) is 0 Å². The van der Waals surface area contributed by atoms with E-state index in [2.05, 4.69) is 68.4 Å². The Kier molecular flexibility index (Phi) is 5.29. The average Bonchev–Trinajstić information content (AvgIpc) is 3.44. The number of pyridine rings is 1. The summed E-state index contributed by atoms with van der Waals surface area (Å²) in [6.07, 6.45) is 6.44. The zero-order valence-corrected chi connectivity index (χ0v) is 20.0. The molecular formula is C27H32N6O. The standard InChI is InChI=1S/C27H32N6O/c1-18-7-9-33-10-8-21(24(33)15-18)20-4-5-23(26-22(20)17-29-27(26)34)30-25-6-3-19(16-28-25)32-13-11-31(2)12-14-32/h3-6,8,10,16,18H,7,9,11-15,17H2,1-2H3,(H,28,30)(H,29,34)/t18-/m1/s1. The van der Waals surface area contributed by atoms with Crippen molar-refractivity contribution in [3.8, 4) is 11.1 Å². The van der Waals surface area contributed by atoms with E-state index in [9.17, 15) is 4.79 Å². The van der Waals surface area contributed by atoms with Gasteiger partial charge in [0, 0.05) is 56.7 Å². The average molecular weight is 457 g/mol. The molecule has 1 amide bonds. The minimum atomic E-state index is -0.0187. The molecule has 1 aromatic carbocycles. The lowest BCUT2D eigenvalue weighted by Gasteiger charge is -2.33. The third-order valence-electron chi connectivity index (χ3n) is 7.62. The zero-order valence-electron chi connectivity index (χ0n) is 20.0. The van der Waals surface area contributed by atoms with Gasteiger partial charge in [0.15, 0.2) is 0 Å². The third-order valence-corrected chi connectivity index (χ3v) is 7.62. The SMILES string of the molecule is C[C@@H]1CCn2ccc(-c3ccc(Nc4ccc(N5CCN(C)CC5)cn4)c4c3CNC4=O)c2C1. The maximum Gasteiger partial charge on any atom is 0.254 e. The summed E-state index contributed by atoms with van der Waals surface area (Å²) in [7, 11) is 2.16. The van der Waals surface area contributed by atoms with E-state index < -0.39 is 0 Å². The van der Waals surface area contributed by atoms with E-state index in [1.165, 1.54) is 23.2 Å². The molecule has 3 aliphatic rings. The predicted molar refractivity (Wildman–Crippen MR) is 136 cm³/mol. The summed E-state index contributed by atoms with van der Waals surface area (Å²) >= 11 is 0. The van der Waals surface area contributed by atoms with Gasteiger partial charge in [0.25, 0.3) is 5.91 Å². The van der Waals surface area contributed by atoms with E-state index in [0.29, 0.717) is 12.5 Å². The molecule has 1 atom stereocenters. The predicted octanol–water partition coefficient (Wildman–Crippen LogP) is 3.87. The molecule has 176 valence electrons. The highest BCUT2D eigenvalue weighted by Gasteiger charge is 2.28. The molecule has 0 radical (unpaired) electrons. The molecule has 2 aromatic heterocycles. The molecular weight excluding hydrogens is 424 g/mol. The Bertz CT molecular complexity index is 1220.